The monoisotopic (exact) mass is 384 g/mol. The Bertz CT molecular complexity index is 790. The van der Waals surface area contributed by atoms with Crippen molar-refractivity contribution in [1.82, 2.24) is 10.0 Å². The summed E-state index contributed by atoms with van der Waals surface area (Å²) in [5.41, 5.74) is 1.61. The molecule has 2 N–H and O–H groups in total. The highest BCUT2D eigenvalue weighted by Crippen LogP contribution is 2.26. The number of nitrogens with zero attached hydrogens (tertiary/aromatic N) is 4. The van der Waals surface area contributed by atoms with E-state index in [9.17, 15) is 10.2 Å². The van der Waals surface area contributed by atoms with Crippen molar-refractivity contribution in [3.8, 4) is 23.0 Å². The first kappa shape index (κ1) is 19.3. The predicted molar refractivity (Wildman–Crippen MR) is 108 cm³/mol. The Morgan fingerprint density at radius 1 is 0.750 bits per heavy atom. The Balaban J connectivity index is 1.51. The molecular weight excluding hydrogens is 360 g/mol. The van der Waals surface area contributed by atoms with Crippen molar-refractivity contribution in [3.63, 3.8) is 0 Å². The van der Waals surface area contributed by atoms with Gasteiger partial charge in [-0.3, -0.25) is 10.0 Å². The van der Waals surface area contributed by atoms with Gasteiger partial charge < -0.3 is 19.7 Å². The van der Waals surface area contributed by atoms with Crippen LogP contribution in [-0.4, -0.2) is 73.1 Å². The summed E-state index contributed by atoms with van der Waals surface area (Å²) in [6.07, 6.45) is 3.44. The number of hydrogen-bond acceptors (Lipinski definition) is 8. The van der Waals surface area contributed by atoms with Gasteiger partial charge >= 0.3 is 0 Å². The molecule has 28 heavy (non-hydrogen) atoms. The number of phenolic OH excluding ortho intramolecular Hbond substituents is 2. The zero-order chi connectivity index (χ0) is 19.9. The number of hydrogen-bond donors (Lipinski definition) is 2. The van der Waals surface area contributed by atoms with E-state index in [0.717, 1.165) is 37.3 Å². The van der Waals surface area contributed by atoms with Gasteiger partial charge in [-0.25, -0.2) is 0 Å². The maximum absolute atomic E-state index is 9.82. The Morgan fingerprint density at radius 2 is 1.14 bits per heavy atom. The van der Waals surface area contributed by atoms with E-state index in [1.54, 1.807) is 36.7 Å². The molecular formula is C20H24N4O4. The normalized spacial score (nSPS) is 14.8. The second-order valence-electron chi connectivity index (χ2n) is 6.26. The third-order valence-corrected chi connectivity index (χ3v) is 4.38. The highest BCUT2D eigenvalue weighted by atomic mass is 16.5. The molecule has 3 rings (SSSR count). The summed E-state index contributed by atoms with van der Waals surface area (Å²) in [5, 5.41) is 32.5. The number of hydrazone groups is 2. The highest BCUT2D eigenvalue weighted by Gasteiger charge is 2.13. The van der Waals surface area contributed by atoms with Crippen molar-refractivity contribution in [3.05, 3.63) is 47.5 Å². The lowest BCUT2D eigenvalue weighted by molar-refractivity contribution is 0.141. The van der Waals surface area contributed by atoms with E-state index in [0.29, 0.717) is 11.5 Å². The molecule has 8 heteroatoms. The average molecular weight is 384 g/mol. The molecule has 0 aliphatic carbocycles. The predicted octanol–water partition coefficient (Wildman–Crippen LogP) is 2.10. The highest BCUT2D eigenvalue weighted by molar-refractivity contribution is 5.81. The van der Waals surface area contributed by atoms with E-state index < -0.39 is 0 Å². The van der Waals surface area contributed by atoms with Gasteiger partial charge in [0.15, 0.2) is 23.0 Å². The summed E-state index contributed by atoms with van der Waals surface area (Å²) in [7, 11) is 3.03. The maximum atomic E-state index is 9.82. The van der Waals surface area contributed by atoms with Crippen LogP contribution in [0.2, 0.25) is 0 Å². The molecule has 0 spiro atoms. The molecule has 0 bridgehead atoms. The smallest absolute Gasteiger partial charge is 0.160 e. The molecule has 0 aromatic heterocycles. The zero-order valence-corrected chi connectivity index (χ0v) is 15.9. The Kier molecular flexibility index (Phi) is 6.21. The van der Waals surface area contributed by atoms with Gasteiger partial charge in [-0.05, 0) is 47.5 Å². The molecule has 0 amide bonds. The van der Waals surface area contributed by atoms with E-state index in [1.165, 1.54) is 14.2 Å². The van der Waals surface area contributed by atoms with Crippen LogP contribution in [0, 0.1) is 0 Å². The molecule has 1 aliphatic rings. The fourth-order valence-electron chi connectivity index (χ4n) is 2.79. The van der Waals surface area contributed by atoms with Gasteiger partial charge in [-0.2, -0.15) is 10.2 Å². The molecule has 2 aromatic carbocycles. The first-order chi connectivity index (χ1) is 13.6. The topological polar surface area (TPSA) is 90.1 Å². The Labute approximate surface area is 163 Å². The van der Waals surface area contributed by atoms with Crippen LogP contribution in [0.1, 0.15) is 11.1 Å². The summed E-state index contributed by atoms with van der Waals surface area (Å²) in [6, 6.07) is 10.3. The van der Waals surface area contributed by atoms with Gasteiger partial charge in [0.25, 0.3) is 0 Å². The molecule has 0 saturated carbocycles. The molecule has 2 aromatic rings. The number of ether oxygens (including phenoxy) is 2. The second-order valence-corrected chi connectivity index (χ2v) is 6.26. The van der Waals surface area contributed by atoms with Gasteiger partial charge in [-0.15, -0.1) is 0 Å². The molecule has 1 aliphatic heterocycles. The van der Waals surface area contributed by atoms with Gasteiger partial charge in [0.2, 0.25) is 0 Å². The number of phenols is 2. The first-order valence-corrected chi connectivity index (χ1v) is 8.91. The zero-order valence-electron chi connectivity index (χ0n) is 15.9. The minimum Gasteiger partial charge on any atom is -0.504 e. The molecule has 0 atom stereocenters. The molecule has 1 heterocycles. The number of piperazine rings is 1. The van der Waals surface area contributed by atoms with Gasteiger partial charge in [-0.1, -0.05) is 0 Å². The quantitative estimate of drug-likeness (QED) is 0.742. The maximum Gasteiger partial charge on any atom is 0.160 e. The molecule has 1 saturated heterocycles. The van der Waals surface area contributed by atoms with Crippen LogP contribution in [0.25, 0.3) is 0 Å². The van der Waals surface area contributed by atoms with Crippen LogP contribution in [0.4, 0.5) is 0 Å². The Morgan fingerprint density at radius 3 is 1.46 bits per heavy atom. The summed E-state index contributed by atoms with van der Waals surface area (Å²) < 4.78 is 10.1. The third kappa shape index (κ3) is 4.85. The van der Waals surface area contributed by atoms with Crippen LogP contribution < -0.4 is 9.47 Å². The fraction of sp³-hybridized carbons (Fsp3) is 0.300. The van der Waals surface area contributed by atoms with E-state index in [-0.39, 0.29) is 11.5 Å². The van der Waals surface area contributed by atoms with Crippen LogP contribution >= 0.6 is 0 Å². The summed E-state index contributed by atoms with van der Waals surface area (Å²) in [5.74, 6) is 1.06. The first-order valence-electron chi connectivity index (χ1n) is 8.91. The number of methoxy groups -OCH3 is 2. The van der Waals surface area contributed by atoms with Crippen LogP contribution in [0.3, 0.4) is 0 Å². The minimum absolute atomic E-state index is 0.0928. The van der Waals surface area contributed by atoms with Crippen molar-refractivity contribution in [2.75, 3.05) is 40.4 Å². The fourth-order valence-corrected chi connectivity index (χ4v) is 2.79. The van der Waals surface area contributed by atoms with E-state index >= 15 is 0 Å². The lowest BCUT2D eigenvalue weighted by Gasteiger charge is -2.31. The summed E-state index contributed by atoms with van der Waals surface area (Å²) in [6.45, 7) is 2.96. The minimum atomic E-state index is 0.0928. The molecule has 8 nitrogen and oxygen atoms in total. The van der Waals surface area contributed by atoms with Crippen LogP contribution in [-0.2, 0) is 0 Å². The number of rotatable bonds is 6. The SMILES string of the molecule is COc1ccc(/C=N\N2CCN(/N=C\c3ccc(OC)c(O)c3)CC2)cc1O. The lowest BCUT2D eigenvalue weighted by Crippen LogP contribution is -2.41. The van der Waals surface area contributed by atoms with Crippen LogP contribution in [0.15, 0.2) is 46.6 Å². The van der Waals surface area contributed by atoms with Gasteiger partial charge in [0.05, 0.1) is 52.8 Å². The number of aromatic hydroxyl groups is 2. The van der Waals surface area contributed by atoms with Crippen LogP contribution in [0.5, 0.6) is 23.0 Å². The van der Waals surface area contributed by atoms with E-state index in [4.69, 9.17) is 9.47 Å². The van der Waals surface area contributed by atoms with E-state index in [1.807, 2.05) is 22.2 Å². The molecule has 0 unspecified atom stereocenters. The van der Waals surface area contributed by atoms with Crippen molar-refractivity contribution < 1.29 is 19.7 Å². The van der Waals surface area contributed by atoms with Crippen molar-refractivity contribution in [1.29, 1.82) is 0 Å². The summed E-state index contributed by atoms with van der Waals surface area (Å²) >= 11 is 0. The molecule has 0 radical (unpaired) electrons. The molecule has 148 valence electrons. The van der Waals surface area contributed by atoms with Gasteiger partial charge in [0.1, 0.15) is 0 Å². The second kappa shape index (κ2) is 8.98. The van der Waals surface area contributed by atoms with Crippen molar-refractivity contribution >= 4 is 12.4 Å². The van der Waals surface area contributed by atoms with Gasteiger partial charge in [0, 0.05) is 0 Å². The standard InChI is InChI=1S/C20H24N4O4/c1-27-19-5-3-15(11-17(19)25)13-21-23-7-9-24(10-8-23)22-14-16-4-6-20(28-2)18(26)12-16/h3-6,11-14,25-26H,7-10H2,1-2H3/b21-13-,22-14-. The largest absolute Gasteiger partial charge is 0.504 e. The van der Waals surface area contributed by atoms with Crippen molar-refractivity contribution in [2.24, 2.45) is 10.2 Å². The van der Waals surface area contributed by atoms with E-state index in [2.05, 4.69) is 10.2 Å². The average Bonchev–Trinajstić information content (AvgIpc) is 2.71. The molecule has 1 fully saturated rings. The lowest BCUT2D eigenvalue weighted by atomic mass is 10.2. The Hall–Kier alpha value is -3.42. The van der Waals surface area contributed by atoms with Crippen molar-refractivity contribution in [2.45, 2.75) is 0 Å². The number of benzene rings is 2. The summed E-state index contributed by atoms with van der Waals surface area (Å²) in [4.78, 5) is 0. The third-order valence-electron chi connectivity index (χ3n) is 4.38.